The van der Waals surface area contributed by atoms with E-state index in [1.54, 1.807) is 0 Å². The number of hydrogen-bond donors (Lipinski definition) is 1. The van der Waals surface area contributed by atoms with E-state index in [4.69, 9.17) is 0 Å². The maximum Gasteiger partial charge on any atom is 2.00 e. The van der Waals surface area contributed by atoms with E-state index in [2.05, 4.69) is 0 Å². The van der Waals surface area contributed by atoms with Crippen molar-refractivity contribution < 1.29 is 49.8 Å². The van der Waals surface area contributed by atoms with E-state index in [-0.39, 0.29) is 55.9 Å². The Hall–Kier alpha value is 1.12. The molecule has 0 spiro atoms. The third kappa shape index (κ3) is 39.6. The normalized spacial score (nSPS) is 0. The molecule has 2 nitrogen and oxygen atoms in total. The van der Waals surface area contributed by atoms with Gasteiger partial charge in [-0.2, -0.15) is 0 Å². The predicted octanol–water partition coefficient (Wildman–Crippen LogP) is -6.01. The van der Waals surface area contributed by atoms with Gasteiger partial charge in [-0.15, -0.1) is 0 Å². The first-order valence-electron chi connectivity index (χ1n) is 0. The molecule has 0 aliphatic heterocycles. The average molecular weight is 206 g/mol. The molecule has 0 saturated carbocycles. The molecule has 0 aliphatic carbocycles. The fourth-order valence-corrected chi connectivity index (χ4v) is 0. The molecule has 0 saturated heterocycles. The van der Waals surface area contributed by atoms with Gasteiger partial charge in [0.15, 0.2) is 0 Å². The van der Waals surface area contributed by atoms with E-state index in [1.807, 2.05) is 0 Å². The van der Waals surface area contributed by atoms with Crippen LogP contribution in [0.3, 0.4) is 0 Å². The van der Waals surface area contributed by atoms with Gasteiger partial charge < -0.3 is 36.4 Å². The standard InChI is InChI=1S/2ClH.H3N.H2O.Ru/h2*1H;1H3;1H2;/q;;;;+2/p-3. The molecule has 0 aromatic carbocycles. The van der Waals surface area contributed by atoms with Crippen LogP contribution in [0.5, 0.6) is 0 Å². The van der Waals surface area contributed by atoms with Crippen LogP contribution in [-0.2, 0) is 19.5 Å². The Morgan fingerprint density at radius 2 is 0.800 bits per heavy atom. The minimum Gasteiger partial charge on any atom is -1.00 e. The molecule has 38 valence electrons. The van der Waals surface area contributed by atoms with Gasteiger partial charge in [-0.1, -0.05) is 0 Å². The first kappa shape index (κ1) is 127. The zero-order valence-corrected chi connectivity index (χ0v) is 5.51. The molecule has 0 aromatic heterocycles. The van der Waals surface area contributed by atoms with Crippen LogP contribution in [0, 0.1) is 0 Å². The van der Waals surface area contributed by atoms with E-state index in [9.17, 15) is 0 Å². The van der Waals surface area contributed by atoms with Crippen molar-refractivity contribution in [1.82, 2.24) is 6.15 Å². The van der Waals surface area contributed by atoms with E-state index < -0.39 is 0 Å². The van der Waals surface area contributed by atoms with Gasteiger partial charge in [-0.25, -0.2) is 0 Å². The fourth-order valence-electron chi connectivity index (χ4n) is 0. The Morgan fingerprint density at radius 1 is 0.800 bits per heavy atom. The minimum atomic E-state index is 0. The van der Waals surface area contributed by atoms with Gasteiger partial charge in [0, 0.05) is 0 Å². The molecule has 0 radical (unpaired) electrons. The fraction of sp³-hybridized carbons (Fsp3) is 0. The molecule has 5 heavy (non-hydrogen) atoms. The first-order chi connectivity index (χ1) is 0. The van der Waals surface area contributed by atoms with Gasteiger partial charge in [0.05, 0.1) is 0 Å². The minimum absolute atomic E-state index is 0. The summed E-state index contributed by atoms with van der Waals surface area (Å²) in [4.78, 5) is 0. The Morgan fingerprint density at radius 3 is 0.800 bits per heavy atom. The second-order valence-electron chi connectivity index (χ2n) is 0. The maximum atomic E-state index is 0. The number of rotatable bonds is 0. The monoisotopic (exact) mass is 206 g/mol. The van der Waals surface area contributed by atoms with Crippen LogP contribution in [0.4, 0.5) is 0 Å². The van der Waals surface area contributed by atoms with E-state index in [0.29, 0.717) is 0 Å². The smallest absolute Gasteiger partial charge is 1.00 e. The van der Waals surface area contributed by atoms with Crippen molar-refractivity contribution in [2.75, 3.05) is 0 Å². The van der Waals surface area contributed by atoms with Crippen LogP contribution in [0.2, 0.25) is 0 Å². The van der Waals surface area contributed by atoms with Crippen molar-refractivity contribution in [2.24, 2.45) is 0 Å². The molecule has 0 rings (SSSR count). The SMILES string of the molecule is N.[Cl-].[Cl-].[OH-].[Ru+2]. The van der Waals surface area contributed by atoms with Crippen molar-refractivity contribution >= 4 is 0 Å². The van der Waals surface area contributed by atoms with Crippen LogP contribution in [0.25, 0.3) is 0 Å². The summed E-state index contributed by atoms with van der Waals surface area (Å²) < 4.78 is 0. The predicted molar refractivity (Wildman–Crippen MR) is 6.96 cm³/mol. The number of halogens is 2. The third-order valence-corrected chi connectivity index (χ3v) is 0. The van der Waals surface area contributed by atoms with Gasteiger partial charge in [-0.3, -0.25) is 0 Å². The van der Waals surface area contributed by atoms with Crippen LogP contribution in [-0.4, -0.2) is 5.48 Å². The van der Waals surface area contributed by atoms with Crippen LogP contribution in [0.15, 0.2) is 0 Å². The Labute approximate surface area is 56.2 Å². The van der Waals surface area contributed by atoms with Crippen molar-refractivity contribution in [3.8, 4) is 0 Å². The molecule has 0 aliphatic rings. The molecule has 0 unspecified atom stereocenters. The van der Waals surface area contributed by atoms with Crippen LogP contribution in [0.1, 0.15) is 0 Å². The third-order valence-electron chi connectivity index (χ3n) is 0. The van der Waals surface area contributed by atoms with Gasteiger partial charge in [0.2, 0.25) is 0 Å². The van der Waals surface area contributed by atoms with E-state index in [1.165, 1.54) is 0 Å². The summed E-state index contributed by atoms with van der Waals surface area (Å²) in [5.74, 6) is 0. The molecule has 0 aromatic rings. The average Bonchev–Trinajstić information content (AvgIpc) is 0. The quantitative estimate of drug-likeness (QED) is 0.401. The molecule has 0 atom stereocenters. The van der Waals surface area contributed by atoms with Gasteiger partial charge in [0.25, 0.3) is 0 Å². The molecule has 0 heterocycles. The van der Waals surface area contributed by atoms with Crippen molar-refractivity contribution in [3.63, 3.8) is 0 Å². The Kier molecular flexibility index (Phi) is 1760. The second-order valence-corrected chi connectivity index (χ2v) is 0. The van der Waals surface area contributed by atoms with Crippen molar-refractivity contribution in [3.05, 3.63) is 0 Å². The molecular weight excluding hydrogens is 202 g/mol. The summed E-state index contributed by atoms with van der Waals surface area (Å²) in [6.07, 6.45) is 0. The maximum absolute atomic E-state index is 0. The van der Waals surface area contributed by atoms with E-state index in [0.717, 1.165) is 0 Å². The zero-order chi connectivity index (χ0) is 0. The van der Waals surface area contributed by atoms with E-state index >= 15 is 0 Å². The summed E-state index contributed by atoms with van der Waals surface area (Å²) in [6.45, 7) is 0. The van der Waals surface area contributed by atoms with Crippen molar-refractivity contribution in [2.45, 2.75) is 0 Å². The first-order valence-corrected chi connectivity index (χ1v) is 0. The molecule has 5 heteroatoms. The summed E-state index contributed by atoms with van der Waals surface area (Å²) in [7, 11) is 0. The summed E-state index contributed by atoms with van der Waals surface area (Å²) >= 11 is 0. The summed E-state index contributed by atoms with van der Waals surface area (Å²) in [5, 5.41) is 0. The van der Waals surface area contributed by atoms with Gasteiger partial charge >= 0.3 is 19.5 Å². The molecular formula is H4Cl2NORu-. The molecule has 0 amide bonds. The van der Waals surface area contributed by atoms with Crippen LogP contribution < -0.4 is 31.0 Å². The molecule has 4 N–H and O–H groups in total. The zero-order valence-electron chi connectivity index (χ0n) is 2.26. The number of hydrogen-bond acceptors (Lipinski definition) is 2. The Balaban J connectivity index is 0. The second kappa shape index (κ2) is 69.0. The Bertz CT molecular complexity index is 9.61. The molecule has 0 fully saturated rings. The largest absolute Gasteiger partial charge is 2.00 e. The molecule has 0 bridgehead atoms. The van der Waals surface area contributed by atoms with Crippen LogP contribution >= 0.6 is 0 Å². The van der Waals surface area contributed by atoms with Crippen molar-refractivity contribution in [1.29, 1.82) is 0 Å². The summed E-state index contributed by atoms with van der Waals surface area (Å²) in [6, 6.07) is 0. The van der Waals surface area contributed by atoms with Gasteiger partial charge in [0.1, 0.15) is 0 Å². The summed E-state index contributed by atoms with van der Waals surface area (Å²) in [5.41, 5.74) is 0. The topological polar surface area (TPSA) is 65.0 Å². The van der Waals surface area contributed by atoms with Gasteiger partial charge in [-0.05, 0) is 0 Å².